The van der Waals surface area contributed by atoms with Crippen LogP contribution in [0.15, 0.2) is 48.9 Å². The van der Waals surface area contributed by atoms with Gasteiger partial charge in [-0.15, -0.1) is 10.2 Å². The molecule has 1 saturated heterocycles. The molecule has 4 rings (SSSR count). The highest BCUT2D eigenvalue weighted by atomic mass is 35.5. The number of carbonyl (C=O) groups is 1. The van der Waals surface area contributed by atoms with Gasteiger partial charge in [0.25, 0.3) is 5.91 Å². The largest absolute Gasteiger partial charge is 0.473 e. The molecule has 1 fully saturated rings. The van der Waals surface area contributed by atoms with E-state index in [0.717, 1.165) is 23.6 Å². The third-order valence-corrected chi connectivity index (χ3v) is 5.69. The fourth-order valence-electron chi connectivity index (χ4n) is 2.82. The summed E-state index contributed by atoms with van der Waals surface area (Å²) < 4.78 is 7.60. The van der Waals surface area contributed by atoms with E-state index in [1.807, 2.05) is 23.9 Å². The van der Waals surface area contributed by atoms with Gasteiger partial charge in [-0.3, -0.25) is 9.36 Å². The molecule has 0 unspecified atom stereocenters. The Kier molecular flexibility index (Phi) is 5.78. The molecule has 3 aromatic rings. The molecule has 3 heterocycles. The topological polar surface area (TPSA) is 81.9 Å². The predicted octanol–water partition coefficient (Wildman–Crippen LogP) is 3.13. The quantitative estimate of drug-likeness (QED) is 0.666. The number of nitrogens with one attached hydrogen (secondary N) is 1. The van der Waals surface area contributed by atoms with Crippen molar-refractivity contribution in [3.05, 3.63) is 65.3 Å². The first-order valence-electron chi connectivity index (χ1n) is 8.82. The van der Waals surface area contributed by atoms with Crippen LogP contribution in [-0.4, -0.2) is 43.3 Å². The van der Waals surface area contributed by atoms with Crippen molar-refractivity contribution < 1.29 is 9.53 Å². The molecule has 1 amide bonds. The van der Waals surface area contributed by atoms with Crippen LogP contribution in [0.1, 0.15) is 22.6 Å². The molecular weight excluding hydrogens is 398 g/mol. The lowest BCUT2D eigenvalue weighted by molar-refractivity contribution is 0.0949. The maximum Gasteiger partial charge on any atom is 0.253 e. The Morgan fingerprint density at radius 2 is 2.14 bits per heavy atom. The van der Waals surface area contributed by atoms with E-state index in [0.29, 0.717) is 22.3 Å². The van der Waals surface area contributed by atoms with Gasteiger partial charge >= 0.3 is 0 Å². The molecule has 144 valence electrons. The highest BCUT2D eigenvalue weighted by molar-refractivity contribution is 7.99. The van der Waals surface area contributed by atoms with E-state index in [-0.39, 0.29) is 18.6 Å². The zero-order chi connectivity index (χ0) is 19.3. The number of carbonyl (C=O) groups excluding carboxylic acids is 1. The molecule has 0 radical (unpaired) electrons. The summed E-state index contributed by atoms with van der Waals surface area (Å²) in [5.74, 6) is 3.03. The van der Waals surface area contributed by atoms with Crippen LogP contribution in [0.2, 0.25) is 5.02 Å². The number of amides is 1. The van der Waals surface area contributed by atoms with Crippen molar-refractivity contribution in [2.45, 2.75) is 19.1 Å². The SMILES string of the molecule is O=C(NCc1nncn1-c1ccc(Cl)cc1)c1ccc(O[C@H]2CCSC2)nc1. The second-order valence-corrected chi connectivity index (χ2v) is 7.85. The molecule has 0 saturated carbocycles. The molecular formula is C19H18ClN5O2S. The van der Waals surface area contributed by atoms with Crippen molar-refractivity contribution in [3.63, 3.8) is 0 Å². The highest BCUT2D eigenvalue weighted by Crippen LogP contribution is 2.22. The van der Waals surface area contributed by atoms with Gasteiger partial charge in [0.2, 0.25) is 5.88 Å². The number of thioether (sulfide) groups is 1. The number of hydrogen-bond acceptors (Lipinski definition) is 6. The zero-order valence-corrected chi connectivity index (χ0v) is 16.5. The number of rotatable bonds is 6. The van der Waals surface area contributed by atoms with Gasteiger partial charge in [-0.25, -0.2) is 4.98 Å². The lowest BCUT2D eigenvalue weighted by Crippen LogP contribution is -2.24. The Bertz CT molecular complexity index is 940. The van der Waals surface area contributed by atoms with Gasteiger partial charge in [-0.1, -0.05) is 11.6 Å². The minimum absolute atomic E-state index is 0.205. The zero-order valence-electron chi connectivity index (χ0n) is 14.9. The van der Waals surface area contributed by atoms with Gasteiger partial charge in [0.05, 0.1) is 12.1 Å². The van der Waals surface area contributed by atoms with Crippen LogP contribution in [-0.2, 0) is 6.54 Å². The van der Waals surface area contributed by atoms with Gasteiger partial charge in [0.1, 0.15) is 12.4 Å². The number of hydrogen-bond donors (Lipinski definition) is 1. The Morgan fingerprint density at radius 1 is 1.29 bits per heavy atom. The number of benzene rings is 1. The molecule has 0 bridgehead atoms. The van der Waals surface area contributed by atoms with Gasteiger partial charge in [0.15, 0.2) is 5.82 Å². The van der Waals surface area contributed by atoms with E-state index in [1.165, 1.54) is 6.20 Å². The van der Waals surface area contributed by atoms with Gasteiger partial charge < -0.3 is 10.1 Å². The summed E-state index contributed by atoms with van der Waals surface area (Å²) in [6.45, 7) is 0.235. The average molecular weight is 416 g/mol. The number of pyridine rings is 1. The number of halogens is 1. The summed E-state index contributed by atoms with van der Waals surface area (Å²) in [6.07, 6.45) is 4.36. The summed E-state index contributed by atoms with van der Waals surface area (Å²) in [5, 5.41) is 11.5. The highest BCUT2D eigenvalue weighted by Gasteiger charge is 2.18. The Morgan fingerprint density at radius 3 is 2.86 bits per heavy atom. The first-order valence-corrected chi connectivity index (χ1v) is 10.4. The lowest BCUT2D eigenvalue weighted by Gasteiger charge is -2.11. The fourth-order valence-corrected chi connectivity index (χ4v) is 4.04. The summed E-state index contributed by atoms with van der Waals surface area (Å²) in [7, 11) is 0. The molecule has 0 aliphatic carbocycles. The first-order chi connectivity index (χ1) is 13.7. The fraction of sp³-hybridized carbons (Fsp3) is 0.263. The molecule has 1 aliphatic rings. The van der Waals surface area contributed by atoms with Crippen LogP contribution in [0.5, 0.6) is 5.88 Å². The molecule has 7 nitrogen and oxygen atoms in total. The second kappa shape index (κ2) is 8.62. The van der Waals surface area contributed by atoms with Crippen LogP contribution in [0.4, 0.5) is 0 Å². The molecule has 28 heavy (non-hydrogen) atoms. The van der Waals surface area contributed by atoms with E-state index in [2.05, 4.69) is 20.5 Å². The average Bonchev–Trinajstić information content (AvgIpc) is 3.39. The lowest BCUT2D eigenvalue weighted by atomic mass is 10.2. The first kappa shape index (κ1) is 18.8. The summed E-state index contributed by atoms with van der Waals surface area (Å²) in [6, 6.07) is 10.8. The van der Waals surface area contributed by atoms with Crippen molar-refractivity contribution >= 4 is 29.3 Å². The second-order valence-electron chi connectivity index (χ2n) is 6.26. The molecule has 1 atom stereocenters. The van der Waals surface area contributed by atoms with Gasteiger partial charge in [0, 0.05) is 28.7 Å². The molecule has 0 spiro atoms. The molecule has 1 aliphatic heterocycles. The molecule has 1 aromatic carbocycles. The molecule has 9 heteroatoms. The van der Waals surface area contributed by atoms with Crippen molar-refractivity contribution in [1.29, 1.82) is 0 Å². The van der Waals surface area contributed by atoms with E-state index >= 15 is 0 Å². The Labute approximate surface area is 171 Å². The van der Waals surface area contributed by atoms with Crippen LogP contribution in [0, 0.1) is 0 Å². The third-order valence-electron chi connectivity index (χ3n) is 4.30. The van der Waals surface area contributed by atoms with Gasteiger partial charge in [-0.05, 0) is 42.5 Å². The van der Waals surface area contributed by atoms with Crippen molar-refractivity contribution in [2.24, 2.45) is 0 Å². The number of ether oxygens (including phenoxy) is 1. The monoisotopic (exact) mass is 415 g/mol. The van der Waals surface area contributed by atoms with Crippen LogP contribution >= 0.6 is 23.4 Å². The maximum atomic E-state index is 12.4. The van der Waals surface area contributed by atoms with E-state index < -0.39 is 0 Å². The Balaban J connectivity index is 1.37. The smallest absolute Gasteiger partial charge is 0.253 e. The van der Waals surface area contributed by atoms with E-state index in [1.54, 1.807) is 35.2 Å². The van der Waals surface area contributed by atoms with Crippen LogP contribution < -0.4 is 10.1 Å². The molecule has 1 N–H and O–H groups in total. The summed E-state index contributed by atoms with van der Waals surface area (Å²) in [5.41, 5.74) is 1.33. The molecule has 2 aromatic heterocycles. The minimum Gasteiger partial charge on any atom is -0.473 e. The standard InChI is InChI=1S/C19H18ClN5O2S/c20-14-2-4-15(5-3-14)25-12-23-24-17(25)10-22-19(26)13-1-6-18(21-9-13)27-16-7-8-28-11-16/h1-6,9,12,16H,7-8,10-11H2,(H,22,26)/t16-/m0/s1. The summed E-state index contributed by atoms with van der Waals surface area (Å²) >= 11 is 7.81. The number of nitrogens with zero attached hydrogens (tertiary/aromatic N) is 4. The van der Waals surface area contributed by atoms with E-state index in [9.17, 15) is 4.79 Å². The van der Waals surface area contributed by atoms with Crippen LogP contribution in [0.25, 0.3) is 5.69 Å². The normalized spacial score (nSPS) is 16.1. The maximum absolute atomic E-state index is 12.4. The van der Waals surface area contributed by atoms with Crippen LogP contribution in [0.3, 0.4) is 0 Å². The Hall–Kier alpha value is -2.58. The van der Waals surface area contributed by atoms with Crippen molar-refractivity contribution in [3.8, 4) is 11.6 Å². The van der Waals surface area contributed by atoms with Gasteiger partial charge in [-0.2, -0.15) is 11.8 Å². The third kappa shape index (κ3) is 4.45. The van der Waals surface area contributed by atoms with Crippen molar-refractivity contribution in [1.82, 2.24) is 25.1 Å². The van der Waals surface area contributed by atoms with E-state index in [4.69, 9.17) is 16.3 Å². The number of aromatic nitrogens is 4. The summed E-state index contributed by atoms with van der Waals surface area (Å²) in [4.78, 5) is 16.7. The van der Waals surface area contributed by atoms with Crippen molar-refractivity contribution in [2.75, 3.05) is 11.5 Å². The predicted molar refractivity (Wildman–Crippen MR) is 108 cm³/mol. The minimum atomic E-state index is -0.235.